The van der Waals surface area contributed by atoms with Gasteiger partial charge in [-0.15, -0.1) is 0 Å². The number of aryl methyl sites for hydroxylation is 1. The van der Waals surface area contributed by atoms with Crippen molar-refractivity contribution in [2.24, 2.45) is 7.05 Å². The summed E-state index contributed by atoms with van der Waals surface area (Å²) in [5.41, 5.74) is 6.52. The van der Waals surface area contributed by atoms with E-state index in [4.69, 9.17) is 17.3 Å². The first-order valence-corrected chi connectivity index (χ1v) is 8.60. The highest BCUT2D eigenvalue weighted by molar-refractivity contribution is 6.31. The lowest BCUT2D eigenvalue weighted by Gasteiger charge is -2.25. The highest BCUT2D eigenvalue weighted by Gasteiger charge is 2.22. The molecule has 136 valence electrons. The van der Waals surface area contributed by atoms with E-state index >= 15 is 0 Å². The summed E-state index contributed by atoms with van der Waals surface area (Å²) in [6.45, 7) is 0.429. The maximum atomic E-state index is 13.6. The SMILES string of the molecule is CN(Cc1nn(C)cc1Cl)c1nc(N)nc(NC2CCCC(F)C2)n1. The minimum Gasteiger partial charge on any atom is -0.368 e. The molecule has 8 nitrogen and oxygen atoms in total. The molecule has 1 saturated carbocycles. The van der Waals surface area contributed by atoms with Gasteiger partial charge < -0.3 is 16.0 Å². The first-order chi connectivity index (χ1) is 11.9. The molecule has 2 aromatic heterocycles. The van der Waals surface area contributed by atoms with Crippen LogP contribution in [0.3, 0.4) is 0 Å². The fourth-order valence-corrected chi connectivity index (χ4v) is 3.21. The van der Waals surface area contributed by atoms with Crippen LogP contribution in [0.4, 0.5) is 22.2 Å². The van der Waals surface area contributed by atoms with Crippen LogP contribution in [0, 0.1) is 0 Å². The molecule has 1 fully saturated rings. The zero-order chi connectivity index (χ0) is 18.0. The van der Waals surface area contributed by atoms with Crippen molar-refractivity contribution in [2.45, 2.75) is 44.4 Å². The zero-order valence-corrected chi connectivity index (χ0v) is 15.0. The van der Waals surface area contributed by atoms with Crippen molar-refractivity contribution in [1.82, 2.24) is 24.7 Å². The normalized spacial score (nSPS) is 20.5. The van der Waals surface area contributed by atoms with Gasteiger partial charge in [0, 0.05) is 26.3 Å². The van der Waals surface area contributed by atoms with Crippen LogP contribution >= 0.6 is 11.6 Å². The summed E-state index contributed by atoms with van der Waals surface area (Å²) >= 11 is 6.15. The fourth-order valence-electron chi connectivity index (χ4n) is 2.97. The number of alkyl halides is 1. The van der Waals surface area contributed by atoms with Gasteiger partial charge >= 0.3 is 0 Å². The van der Waals surface area contributed by atoms with Gasteiger partial charge in [-0.25, -0.2) is 4.39 Å². The Hall–Kier alpha value is -2.16. The molecule has 1 aliphatic carbocycles. The molecule has 0 radical (unpaired) electrons. The number of hydrogen-bond donors (Lipinski definition) is 2. The van der Waals surface area contributed by atoms with Gasteiger partial charge in [0.2, 0.25) is 17.8 Å². The first kappa shape index (κ1) is 17.7. The molecule has 0 bridgehead atoms. The molecule has 2 unspecified atom stereocenters. The Morgan fingerprint density at radius 3 is 2.88 bits per heavy atom. The van der Waals surface area contributed by atoms with Gasteiger partial charge in [-0.05, 0) is 25.7 Å². The number of halogens is 2. The van der Waals surface area contributed by atoms with Gasteiger partial charge in [0.15, 0.2) is 0 Å². The summed E-state index contributed by atoms with van der Waals surface area (Å²) < 4.78 is 15.2. The van der Waals surface area contributed by atoms with Gasteiger partial charge in [0.05, 0.1) is 11.6 Å². The molecular formula is C15H22ClFN8. The number of aromatic nitrogens is 5. The molecule has 0 aliphatic heterocycles. The van der Waals surface area contributed by atoms with E-state index in [-0.39, 0.29) is 12.0 Å². The average molecular weight is 369 g/mol. The van der Waals surface area contributed by atoms with Crippen molar-refractivity contribution < 1.29 is 4.39 Å². The first-order valence-electron chi connectivity index (χ1n) is 8.22. The topological polar surface area (TPSA) is 97.8 Å². The van der Waals surface area contributed by atoms with Crippen molar-refractivity contribution >= 4 is 29.4 Å². The molecular weight excluding hydrogens is 347 g/mol. The predicted molar refractivity (Wildman–Crippen MR) is 95.3 cm³/mol. The molecule has 1 aliphatic rings. The van der Waals surface area contributed by atoms with Crippen molar-refractivity contribution in [1.29, 1.82) is 0 Å². The molecule has 3 rings (SSSR count). The van der Waals surface area contributed by atoms with Crippen LogP contribution in [0.25, 0.3) is 0 Å². The zero-order valence-electron chi connectivity index (χ0n) is 14.3. The standard InChI is InChI=1S/C15H22ClFN8/c1-24(8-12-11(16)7-25(2)23-12)15-21-13(18)20-14(22-15)19-10-5-3-4-9(17)6-10/h7,9-10H,3-6,8H2,1-2H3,(H3,18,19,20,21,22). The Labute approximate surface area is 150 Å². The number of nitrogens with zero attached hydrogens (tertiary/aromatic N) is 6. The number of rotatable bonds is 5. The Bertz CT molecular complexity index is 736. The lowest BCUT2D eigenvalue weighted by atomic mass is 9.94. The third-order valence-electron chi connectivity index (χ3n) is 4.17. The van der Waals surface area contributed by atoms with Crippen molar-refractivity contribution in [3.63, 3.8) is 0 Å². The van der Waals surface area contributed by atoms with Crippen molar-refractivity contribution in [2.75, 3.05) is 23.0 Å². The van der Waals surface area contributed by atoms with E-state index in [1.54, 1.807) is 22.8 Å². The van der Waals surface area contributed by atoms with Crippen LogP contribution in [0.5, 0.6) is 0 Å². The lowest BCUT2D eigenvalue weighted by molar-refractivity contribution is 0.239. The molecule has 10 heteroatoms. The second-order valence-electron chi connectivity index (χ2n) is 6.38. The van der Waals surface area contributed by atoms with E-state index < -0.39 is 6.17 Å². The summed E-state index contributed by atoms with van der Waals surface area (Å²) in [6.07, 6.45) is 3.77. The predicted octanol–water partition coefficient (Wildman–Crippen LogP) is 2.17. The number of nitrogens with one attached hydrogen (secondary N) is 1. The molecule has 2 heterocycles. The van der Waals surface area contributed by atoms with E-state index in [1.165, 1.54) is 0 Å². The second-order valence-corrected chi connectivity index (χ2v) is 6.78. The third kappa shape index (κ3) is 4.47. The van der Waals surface area contributed by atoms with E-state index in [9.17, 15) is 4.39 Å². The summed E-state index contributed by atoms with van der Waals surface area (Å²) in [5.74, 6) is 0.879. The van der Waals surface area contributed by atoms with Crippen LogP contribution in [0.1, 0.15) is 31.4 Å². The van der Waals surface area contributed by atoms with Gasteiger partial charge in [-0.2, -0.15) is 20.1 Å². The van der Waals surface area contributed by atoms with Gasteiger partial charge in [-0.3, -0.25) is 4.68 Å². The third-order valence-corrected chi connectivity index (χ3v) is 4.48. The van der Waals surface area contributed by atoms with Crippen LogP contribution in [-0.2, 0) is 13.6 Å². The number of nitrogen functional groups attached to an aromatic ring is 1. The highest BCUT2D eigenvalue weighted by atomic mass is 35.5. The highest BCUT2D eigenvalue weighted by Crippen LogP contribution is 2.24. The van der Waals surface area contributed by atoms with Gasteiger partial charge in [0.25, 0.3) is 0 Å². The summed E-state index contributed by atoms with van der Waals surface area (Å²) in [7, 11) is 3.63. The Kier molecular flexibility index (Phi) is 5.22. The molecule has 2 aromatic rings. The van der Waals surface area contributed by atoms with Crippen LogP contribution in [0.15, 0.2) is 6.20 Å². The number of anilines is 3. The summed E-state index contributed by atoms with van der Waals surface area (Å²) in [5, 5.41) is 8.05. The Morgan fingerprint density at radius 1 is 1.40 bits per heavy atom. The Balaban J connectivity index is 1.73. The van der Waals surface area contributed by atoms with E-state index in [1.807, 2.05) is 7.05 Å². The van der Waals surface area contributed by atoms with E-state index in [0.717, 1.165) is 12.8 Å². The maximum absolute atomic E-state index is 13.6. The van der Waals surface area contributed by atoms with E-state index in [2.05, 4.69) is 25.4 Å². The monoisotopic (exact) mass is 368 g/mol. The lowest BCUT2D eigenvalue weighted by Crippen LogP contribution is -2.29. The van der Waals surface area contributed by atoms with Crippen molar-refractivity contribution in [3.8, 4) is 0 Å². The maximum Gasteiger partial charge on any atom is 0.232 e. The molecule has 0 amide bonds. The molecule has 0 spiro atoms. The minimum atomic E-state index is -0.779. The summed E-state index contributed by atoms with van der Waals surface area (Å²) in [4.78, 5) is 14.5. The number of hydrogen-bond acceptors (Lipinski definition) is 7. The quantitative estimate of drug-likeness (QED) is 0.834. The molecule has 2 atom stereocenters. The van der Waals surface area contributed by atoms with Crippen LogP contribution < -0.4 is 16.0 Å². The smallest absolute Gasteiger partial charge is 0.232 e. The number of nitrogens with two attached hydrogens (primary N) is 1. The second kappa shape index (κ2) is 7.38. The van der Waals surface area contributed by atoms with Gasteiger partial charge in [0.1, 0.15) is 11.9 Å². The summed E-state index contributed by atoms with van der Waals surface area (Å²) in [6, 6.07) is 0.00828. The Morgan fingerprint density at radius 2 is 2.20 bits per heavy atom. The minimum absolute atomic E-state index is 0.00828. The fraction of sp³-hybridized carbons (Fsp3) is 0.600. The van der Waals surface area contributed by atoms with Crippen LogP contribution in [-0.4, -0.2) is 44.0 Å². The van der Waals surface area contributed by atoms with Crippen molar-refractivity contribution in [3.05, 3.63) is 16.9 Å². The molecule has 25 heavy (non-hydrogen) atoms. The molecule has 0 saturated heterocycles. The van der Waals surface area contributed by atoms with Crippen LogP contribution in [0.2, 0.25) is 5.02 Å². The van der Waals surface area contributed by atoms with Gasteiger partial charge in [-0.1, -0.05) is 11.6 Å². The molecule has 3 N–H and O–H groups in total. The largest absolute Gasteiger partial charge is 0.368 e. The van der Waals surface area contributed by atoms with E-state index in [0.29, 0.717) is 42.0 Å². The molecule has 0 aromatic carbocycles. The average Bonchev–Trinajstić information content (AvgIpc) is 2.84.